The molecule has 0 radical (unpaired) electrons. The van der Waals surface area contributed by atoms with Crippen LogP contribution in [0.2, 0.25) is 5.02 Å². The second kappa shape index (κ2) is 5.51. The molecule has 1 saturated carbocycles. The van der Waals surface area contributed by atoms with Crippen LogP contribution < -0.4 is 10.8 Å². The van der Waals surface area contributed by atoms with Gasteiger partial charge in [-0.1, -0.05) is 17.7 Å². The summed E-state index contributed by atoms with van der Waals surface area (Å²) >= 11 is 5.77. The molecule has 1 aromatic carbocycles. The lowest BCUT2D eigenvalue weighted by molar-refractivity contribution is 0.0705. The number of hydrogen-bond acceptors (Lipinski definition) is 5. The molecule has 3 N–H and O–H groups in total. The van der Waals surface area contributed by atoms with Crippen LogP contribution >= 0.6 is 11.6 Å². The number of amides is 1. The zero-order valence-corrected chi connectivity index (χ0v) is 12.1. The average Bonchev–Trinajstić information content (AvgIpc) is 3.27. The van der Waals surface area contributed by atoms with Gasteiger partial charge in [-0.2, -0.15) is 0 Å². The number of nitrogens with zero attached hydrogens (tertiary/aromatic N) is 2. The maximum absolute atomic E-state index is 14.1. The van der Waals surface area contributed by atoms with Gasteiger partial charge >= 0.3 is 0 Å². The number of hydroxylamine groups is 1. The molecule has 0 spiro atoms. The Morgan fingerprint density at radius 3 is 2.55 bits per heavy atom. The fourth-order valence-corrected chi connectivity index (χ4v) is 2.41. The van der Waals surface area contributed by atoms with E-state index in [9.17, 15) is 9.18 Å². The molecular formula is C14H12ClFN4O2. The van der Waals surface area contributed by atoms with Crippen molar-refractivity contribution in [1.82, 2.24) is 15.4 Å². The van der Waals surface area contributed by atoms with Gasteiger partial charge in [-0.3, -0.25) is 10.0 Å². The van der Waals surface area contributed by atoms with Crippen LogP contribution in [0.3, 0.4) is 0 Å². The lowest BCUT2D eigenvalue weighted by atomic mass is 10.0. The lowest BCUT2D eigenvalue weighted by Gasteiger charge is -2.18. The molecule has 1 fully saturated rings. The van der Waals surface area contributed by atoms with Gasteiger partial charge in [0.1, 0.15) is 5.82 Å². The van der Waals surface area contributed by atoms with Gasteiger partial charge in [0.15, 0.2) is 0 Å². The Morgan fingerprint density at radius 2 is 2.00 bits per heavy atom. The molecular weight excluding hydrogens is 311 g/mol. The minimum absolute atomic E-state index is 0.121. The fourth-order valence-electron chi connectivity index (χ4n) is 2.25. The van der Waals surface area contributed by atoms with Gasteiger partial charge in [-0.15, -0.1) is 0 Å². The van der Waals surface area contributed by atoms with E-state index in [1.54, 1.807) is 12.1 Å². The Morgan fingerprint density at radius 1 is 1.32 bits per heavy atom. The first-order valence-corrected chi connectivity index (χ1v) is 6.92. The first-order valence-electron chi connectivity index (χ1n) is 6.54. The molecule has 0 atom stereocenters. The summed E-state index contributed by atoms with van der Waals surface area (Å²) in [6, 6.07) is 4.55. The summed E-state index contributed by atoms with van der Waals surface area (Å²) in [4.78, 5) is 19.2. The Balaban J connectivity index is 1.81. The third-order valence-corrected chi connectivity index (χ3v) is 3.80. The molecule has 0 unspecified atom stereocenters. The number of aromatic nitrogens is 2. The van der Waals surface area contributed by atoms with E-state index in [1.165, 1.54) is 23.9 Å². The molecule has 0 saturated heterocycles. The van der Waals surface area contributed by atoms with E-state index in [0.29, 0.717) is 10.6 Å². The Labute approximate surface area is 130 Å². The summed E-state index contributed by atoms with van der Waals surface area (Å²) in [6.45, 7) is 0. The molecule has 2 aromatic rings. The smallest absolute Gasteiger partial charge is 0.277 e. The summed E-state index contributed by atoms with van der Waals surface area (Å²) in [7, 11) is 0. The zero-order chi connectivity index (χ0) is 15.7. The number of benzene rings is 1. The highest BCUT2D eigenvalue weighted by Gasteiger charge is 2.46. The Bertz CT molecular complexity index is 719. The number of hydrogen-bond donors (Lipinski definition) is 3. The molecule has 3 rings (SSSR count). The highest BCUT2D eigenvalue weighted by atomic mass is 35.5. The SMILES string of the molecule is O=C(NO)c1cnc(NC2(c3ccc(Cl)cc3F)CC2)nc1. The molecule has 1 amide bonds. The maximum Gasteiger partial charge on any atom is 0.277 e. The van der Waals surface area contributed by atoms with Gasteiger partial charge < -0.3 is 5.32 Å². The Hall–Kier alpha value is -2.25. The zero-order valence-electron chi connectivity index (χ0n) is 11.3. The predicted octanol–water partition coefficient (Wildman–Crippen LogP) is 2.49. The number of rotatable bonds is 4. The number of carbonyl (C=O) groups excluding carboxylic acids is 1. The molecule has 1 aliphatic carbocycles. The molecule has 1 aromatic heterocycles. The first kappa shape index (κ1) is 14.7. The quantitative estimate of drug-likeness (QED) is 0.594. The van der Waals surface area contributed by atoms with Gasteiger partial charge in [0.25, 0.3) is 5.91 Å². The average molecular weight is 323 g/mol. The highest BCUT2D eigenvalue weighted by molar-refractivity contribution is 6.30. The van der Waals surface area contributed by atoms with Crippen molar-refractivity contribution in [2.75, 3.05) is 5.32 Å². The molecule has 0 bridgehead atoms. The van der Waals surface area contributed by atoms with E-state index < -0.39 is 11.4 Å². The minimum Gasteiger partial charge on any atom is -0.345 e. The minimum atomic E-state index is -0.698. The predicted molar refractivity (Wildman–Crippen MR) is 77.2 cm³/mol. The Kier molecular flexibility index (Phi) is 3.67. The summed E-state index contributed by atoms with van der Waals surface area (Å²) in [6.07, 6.45) is 4.03. The van der Waals surface area contributed by atoms with Gasteiger partial charge in [-0.25, -0.2) is 19.8 Å². The van der Waals surface area contributed by atoms with Crippen LogP contribution in [-0.2, 0) is 5.54 Å². The van der Waals surface area contributed by atoms with Crippen LogP contribution in [0.4, 0.5) is 10.3 Å². The van der Waals surface area contributed by atoms with Gasteiger partial charge in [0.05, 0.1) is 11.1 Å². The lowest BCUT2D eigenvalue weighted by Crippen LogP contribution is -2.23. The topological polar surface area (TPSA) is 87.1 Å². The van der Waals surface area contributed by atoms with E-state index in [4.69, 9.17) is 16.8 Å². The van der Waals surface area contributed by atoms with Crippen molar-refractivity contribution in [3.63, 3.8) is 0 Å². The van der Waals surface area contributed by atoms with Crippen LogP contribution in [0.15, 0.2) is 30.6 Å². The van der Waals surface area contributed by atoms with E-state index in [2.05, 4.69) is 15.3 Å². The normalized spacial score (nSPS) is 15.2. The van der Waals surface area contributed by atoms with Crippen molar-refractivity contribution in [3.05, 3.63) is 52.6 Å². The number of nitrogens with one attached hydrogen (secondary N) is 2. The van der Waals surface area contributed by atoms with Crippen LogP contribution in [0.1, 0.15) is 28.8 Å². The van der Waals surface area contributed by atoms with E-state index in [0.717, 1.165) is 12.8 Å². The third-order valence-electron chi connectivity index (χ3n) is 3.56. The molecule has 8 heteroatoms. The molecule has 1 heterocycles. The summed E-state index contributed by atoms with van der Waals surface area (Å²) in [5.74, 6) is -0.799. The molecule has 6 nitrogen and oxygen atoms in total. The van der Waals surface area contributed by atoms with Gasteiger partial charge in [0.2, 0.25) is 5.95 Å². The van der Waals surface area contributed by atoms with Crippen molar-refractivity contribution < 1.29 is 14.4 Å². The second-order valence-electron chi connectivity index (χ2n) is 5.07. The summed E-state index contributed by atoms with van der Waals surface area (Å²) in [5.41, 5.74) is 1.58. The maximum atomic E-state index is 14.1. The first-order chi connectivity index (χ1) is 10.5. The monoisotopic (exact) mass is 322 g/mol. The number of carbonyl (C=O) groups is 1. The van der Waals surface area contributed by atoms with Gasteiger partial charge in [-0.05, 0) is 25.0 Å². The van der Waals surface area contributed by atoms with Crippen LogP contribution in [-0.4, -0.2) is 21.1 Å². The molecule has 1 aliphatic rings. The highest BCUT2D eigenvalue weighted by Crippen LogP contribution is 2.48. The molecule has 22 heavy (non-hydrogen) atoms. The number of anilines is 1. The molecule has 114 valence electrons. The van der Waals surface area contributed by atoms with Crippen LogP contribution in [0.25, 0.3) is 0 Å². The van der Waals surface area contributed by atoms with Crippen molar-refractivity contribution in [2.45, 2.75) is 18.4 Å². The van der Waals surface area contributed by atoms with Crippen molar-refractivity contribution >= 4 is 23.5 Å². The fraction of sp³-hybridized carbons (Fsp3) is 0.214. The number of halogens is 2. The second-order valence-corrected chi connectivity index (χ2v) is 5.50. The molecule has 0 aliphatic heterocycles. The largest absolute Gasteiger partial charge is 0.345 e. The van der Waals surface area contributed by atoms with E-state index in [-0.39, 0.29) is 17.3 Å². The van der Waals surface area contributed by atoms with Crippen LogP contribution in [0, 0.1) is 5.82 Å². The van der Waals surface area contributed by atoms with Crippen molar-refractivity contribution in [1.29, 1.82) is 0 Å². The van der Waals surface area contributed by atoms with E-state index in [1.807, 2.05) is 0 Å². The van der Waals surface area contributed by atoms with Gasteiger partial charge in [0, 0.05) is 23.0 Å². The summed E-state index contributed by atoms with van der Waals surface area (Å²) in [5, 5.41) is 12.0. The summed E-state index contributed by atoms with van der Waals surface area (Å²) < 4.78 is 14.1. The standard InChI is InChI=1S/C14H12ClFN4O2/c15-9-1-2-10(11(16)5-9)14(3-4-14)19-13-17-6-8(7-18-13)12(21)20-22/h1-2,5-7,22H,3-4H2,(H,20,21)(H,17,18,19). The third kappa shape index (κ3) is 2.72. The van der Waals surface area contributed by atoms with Crippen molar-refractivity contribution in [2.24, 2.45) is 0 Å². The van der Waals surface area contributed by atoms with Crippen LogP contribution in [0.5, 0.6) is 0 Å². The van der Waals surface area contributed by atoms with E-state index >= 15 is 0 Å². The van der Waals surface area contributed by atoms with Crippen molar-refractivity contribution in [3.8, 4) is 0 Å².